The number of aryl methyl sites for hydroxylation is 3. The Kier molecular flexibility index (Phi) is 4.92. The Morgan fingerprint density at radius 1 is 1.48 bits per heavy atom. The van der Waals surface area contributed by atoms with E-state index in [1.807, 2.05) is 26.8 Å². The fourth-order valence-electron chi connectivity index (χ4n) is 2.63. The summed E-state index contributed by atoms with van der Waals surface area (Å²) in [5, 5.41) is 13.6. The van der Waals surface area contributed by atoms with Crippen LogP contribution in [0.1, 0.15) is 31.2 Å². The van der Waals surface area contributed by atoms with Crippen molar-refractivity contribution in [3.05, 3.63) is 17.5 Å². The Morgan fingerprint density at radius 2 is 2.19 bits per heavy atom. The number of aromatic nitrogens is 2. The molecule has 1 aromatic rings. The first-order chi connectivity index (χ1) is 9.93. The highest BCUT2D eigenvalue weighted by molar-refractivity contribution is 8.00. The monoisotopic (exact) mass is 311 g/mol. The first-order valence-electron chi connectivity index (χ1n) is 7.10. The number of amides is 1. The lowest BCUT2D eigenvalue weighted by Crippen LogP contribution is -2.45. The van der Waals surface area contributed by atoms with Crippen LogP contribution in [0.4, 0.5) is 0 Å². The third kappa shape index (κ3) is 3.40. The quantitative estimate of drug-likeness (QED) is 0.895. The molecular formula is C14H21N3O3S. The second-order valence-corrected chi connectivity index (χ2v) is 6.46. The number of carboxylic acids is 1. The highest BCUT2D eigenvalue weighted by atomic mass is 32.2. The van der Waals surface area contributed by atoms with Gasteiger partial charge in [0.2, 0.25) is 5.91 Å². The van der Waals surface area contributed by atoms with E-state index in [4.69, 9.17) is 0 Å². The van der Waals surface area contributed by atoms with Gasteiger partial charge in [0.05, 0.1) is 11.1 Å². The minimum atomic E-state index is -0.919. The zero-order valence-corrected chi connectivity index (χ0v) is 13.4. The van der Waals surface area contributed by atoms with Crippen LogP contribution < -0.4 is 0 Å². The fraction of sp³-hybridized carbons (Fsp3) is 0.643. The van der Waals surface area contributed by atoms with Crippen molar-refractivity contribution in [2.75, 3.05) is 5.75 Å². The van der Waals surface area contributed by atoms with Crippen LogP contribution in [0.3, 0.4) is 0 Å². The lowest BCUT2D eigenvalue weighted by atomic mass is 10.2. The minimum absolute atomic E-state index is 0.0287. The first-order valence-corrected chi connectivity index (χ1v) is 8.15. The molecule has 1 aliphatic heterocycles. The van der Waals surface area contributed by atoms with E-state index in [2.05, 4.69) is 5.10 Å². The van der Waals surface area contributed by atoms with E-state index in [0.29, 0.717) is 12.3 Å². The maximum Gasteiger partial charge on any atom is 0.327 e. The Hall–Kier alpha value is -1.50. The molecule has 0 bridgehead atoms. The lowest BCUT2D eigenvalue weighted by Gasteiger charge is -2.26. The molecule has 2 atom stereocenters. The second-order valence-electron chi connectivity index (χ2n) is 5.25. The predicted octanol–water partition coefficient (Wildman–Crippen LogP) is 1.65. The molecule has 0 aliphatic carbocycles. The van der Waals surface area contributed by atoms with Gasteiger partial charge in [-0.1, -0.05) is 6.92 Å². The summed E-state index contributed by atoms with van der Waals surface area (Å²) in [4.78, 5) is 25.3. The smallest absolute Gasteiger partial charge is 0.327 e. The standard InChI is InChI=1S/C14H21N3O3S/c1-4-13-17(11(8-21-13)14(19)20)12(18)5-6-16-10(3)7-9(2)15-16/h7,11,13H,4-6,8H2,1-3H3,(H,19,20). The summed E-state index contributed by atoms with van der Waals surface area (Å²) in [5.74, 6) is -0.552. The van der Waals surface area contributed by atoms with Gasteiger partial charge in [0.1, 0.15) is 6.04 Å². The van der Waals surface area contributed by atoms with Crippen LogP contribution in [-0.2, 0) is 16.1 Å². The normalized spacial score (nSPS) is 21.8. The lowest BCUT2D eigenvalue weighted by molar-refractivity contribution is -0.149. The zero-order valence-electron chi connectivity index (χ0n) is 12.6. The average molecular weight is 311 g/mol. The molecular weight excluding hydrogens is 290 g/mol. The number of nitrogens with zero attached hydrogens (tertiary/aromatic N) is 3. The van der Waals surface area contributed by atoms with Gasteiger partial charge in [0.15, 0.2) is 0 Å². The highest BCUT2D eigenvalue weighted by Gasteiger charge is 2.40. The molecule has 0 saturated carbocycles. The Morgan fingerprint density at radius 3 is 2.71 bits per heavy atom. The van der Waals surface area contributed by atoms with E-state index >= 15 is 0 Å². The minimum Gasteiger partial charge on any atom is -0.480 e. The molecule has 1 amide bonds. The average Bonchev–Trinajstić information content (AvgIpc) is 2.99. The van der Waals surface area contributed by atoms with Gasteiger partial charge in [-0.2, -0.15) is 5.10 Å². The number of hydrogen-bond acceptors (Lipinski definition) is 4. The summed E-state index contributed by atoms with van der Waals surface area (Å²) in [7, 11) is 0. The molecule has 21 heavy (non-hydrogen) atoms. The van der Waals surface area contributed by atoms with Crippen LogP contribution >= 0.6 is 11.8 Å². The van der Waals surface area contributed by atoms with E-state index in [1.54, 1.807) is 21.3 Å². The molecule has 1 N–H and O–H groups in total. The molecule has 0 spiro atoms. The van der Waals surface area contributed by atoms with E-state index in [-0.39, 0.29) is 17.7 Å². The summed E-state index contributed by atoms with van der Waals surface area (Å²) in [6.07, 6.45) is 1.04. The molecule has 1 aromatic heterocycles. The number of carbonyl (C=O) groups excluding carboxylic acids is 1. The molecule has 6 nitrogen and oxygen atoms in total. The van der Waals surface area contributed by atoms with Crippen LogP contribution in [0.25, 0.3) is 0 Å². The van der Waals surface area contributed by atoms with E-state index in [0.717, 1.165) is 17.8 Å². The molecule has 2 heterocycles. The molecule has 0 aromatic carbocycles. The van der Waals surface area contributed by atoms with Crippen LogP contribution in [0.5, 0.6) is 0 Å². The van der Waals surface area contributed by atoms with Crippen molar-refractivity contribution in [1.82, 2.24) is 14.7 Å². The van der Waals surface area contributed by atoms with Gasteiger partial charge < -0.3 is 10.0 Å². The van der Waals surface area contributed by atoms with Crippen LogP contribution in [0.15, 0.2) is 6.07 Å². The molecule has 0 radical (unpaired) electrons. The summed E-state index contributed by atoms with van der Waals surface area (Å²) in [6.45, 7) is 6.33. The highest BCUT2D eigenvalue weighted by Crippen LogP contribution is 2.31. The van der Waals surface area contributed by atoms with Crippen molar-refractivity contribution >= 4 is 23.6 Å². The Balaban J connectivity index is 2.03. The number of carboxylic acid groups (broad SMARTS) is 1. The SMILES string of the molecule is CCC1SCC(C(=O)O)N1C(=O)CCn1nc(C)cc1C. The fourth-order valence-corrected chi connectivity index (χ4v) is 4.00. The van der Waals surface area contributed by atoms with Gasteiger partial charge in [-0.15, -0.1) is 11.8 Å². The van der Waals surface area contributed by atoms with Gasteiger partial charge in [-0.05, 0) is 26.3 Å². The molecule has 116 valence electrons. The predicted molar refractivity (Wildman–Crippen MR) is 81.1 cm³/mol. The van der Waals surface area contributed by atoms with Gasteiger partial charge >= 0.3 is 5.97 Å². The van der Waals surface area contributed by atoms with Crippen LogP contribution in [0, 0.1) is 13.8 Å². The Labute approximate surface area is 128 Å². The van der Waals surface area contributed by atoms with Crippen molar-refractivity contribution in [1.29, 1.82) is 0 Å². The second kappa shape index (κ2) is 6.51. The maximum atomic E-state index is 12.4. The van der Waals surface area contributed by atoms with Crippen LogP contribution in [-0.4, -0.2) is 48.8 Å². The van der Waals surface area contributed by atoms with Crippen molar-refractivity contribution in [3.8, 4) is 0 Å². The van der Waals surface area contributed by atoms with Crippen molar-refractivity contribution < 1.29 is 14.7 Å². The van der Waals surface area contributed by atoms with Crippen LogP contribution in [0.2, 0.25) is 0 Å². The van der Waals surface area contributed by atoms with Gasteiger partial charge in [-0.3, -0.25) is 9.48 Å². The number of rotatable bonds is 5. The van der Waals surface area contributed by atoms with Gasteiger partial charge in [-0.25, -0.2) is 4.79 Å². The molecule has 1 saturated heterocycles. The molecule has 7 heteroatoms. The van der Waals surface area contributed by atoms with E-state index < -0.39 is 12.0 Å². The Bertz CT molecular complexity index is 544. The van der Waals surface area contributed by atoms with Gasteiger partial charge in [0.25, 0.3) is 0 Å². The number of hydrogen-bond donors (Lipinski definition) is 1. The molecule has 2 rings (SSSR count). The summed E-state index contributed by atoms with van der Waals surface area (Å²) < 4.78 is 1.80. The summed E-state index contributed by atoms with van der Waals surface area (Å²) >= 11 is 1.55. The third-order valence-corrected chi connectivity index (χ3v) is 5.11. The number of carbonyl (C=O) groups is 2. The van der Waals surface area contributed by atoms with E-state index in [1.165, 1.54) is 0 Å². The molecule has 1 fully saturated rings. The number of aliphatic carboxylic acids is 1. The van der Waals surface area contributed by atoms with Crippen molar-refractivity contribution in [2.45, 2.75) is 51.6 Å². The molecule has 2 unspecified atom stereocenters. The summed E-state index contributed by atoms with van der Waals surface area (Å²) in [6, 6.07) is 1.26. The molecule has 1 aliphatic rings. The van der Waals surface area contributed by atoms with E-state index in [9.17, 15) is 14.7 Å². The van der Waals surface area contributed by atoms with Crippen molar-refractivity contribution in [2.24, 2.45) is 0 Å². The number of thioether (sulfide) groups is 1. The largest absolute Gasteiger partial charge is 0.480 e. The first kappa shape index (κ1) is 15.9. The van der Waals surface area contributed by atoms with Gasteiger partial charge in [0, 0.05) is 24.4 Å². The third-order valence-electron chi connectivity index (χ3n) is 3.66. The summed E-state index contributed by atoms with van der Waals surface area (Å²) in [5.41, 5.74) is 1.93. The topological polar surface area (TPSA) is 75.4 Å². The maximum absolute atomic E-state index is 12.4. The zero-order chi connectivity index (χ0) is 15.6. The van der Waals surface area contributed by atoms with Crippen molar-refractivity contribution in [3.63, 3.8) is 0 Å².